The molecule has 32 heavy (non-hydrogen) atoms. The Morgan fingerprint density at radius 1 is 1.34 bits per heavy atom. The second-order valence-corrected chi connectivity index (χ2v) is 7.45. The van der Waals surface area contributed by atoms with E-state index in [1.54, 1.807) is 30.5 Å². The van der Waals surface area contributed by atoms with Crippen molar-refractivity contribution >= 4 is 17.6 Å². The van der Waals surface area contributed by atoms with Crippen LogP contribution in [0.4, 0.5) is 0 Å². The molecule has 1 N–H and O–H groups in total. The molecule has 3 heterocycles. The molecule has 1 aliphatic heterocycles. The maximum Gasteiger partial charge on any atom is 0.269 e. The number of nitriles is 1. The number of benzene rings is 1. The van der Waals surface area contributed by atoms with Gasteiger partial charge < -0.3 is 14.8 Å². The highest BCUT2D eigenvalue weighted by atomic mass is 16.5. The van der Waals surface area contributed by atoms with E-state index in [4.69, 9.17) is 9.47 Å². The van der Waals surface area contributed by atoms with E-state index in [1.807, 2.05) is 31.2 Å². The number of ether oxygens (including phenoxy) is 2. The smallest absolute Gasteiger partial charge is 0.269 e. The maximum atomic E-state index is 13.2. The molecule has 8 heteroatoms. The SMILES string of the molecule is Cc1ccccc1Oc1nc2ccccn2c(=O)c1/C=C(\C#N)C(=O)NC[C@H]1CCCO1. The van der Waals surface area contributed by atoms with Crippen LogP contribution in [0.15, 0.2) is 59.0 Å². The van der Waals surface area contributed by atoms with Gasteiger partial charge in [0.05, 0.1) is 6.10 Å². The highest BCUT2D eigenvalue weighted by Gasteiger charge is 2.20. The van der Waals surface area contributed by atoms with Crippen molar-refractivity contribution < 1.29 is 14.3 Å². The molecule has 0 radical (unpaired) electrons. The number of carbonyl (C=O) groups excluding carboxylic acids is 1. The molecule has 2 aromatic heterocycles. The zero-order chi connectivity index (χ0) is 22.5. The van der Waals surface area contributed by atoms with Crippen molar-refractivity contribution in [2.24, 2.45) is 0 Å². The molecule has 0 saturated carbocycles. The van der Waals surface area contributed by atoms with Crippen LogP contribution in [0, 0.1) is 18.3 Å². The molecule has 0 aliphatic carbocycles. The molecule has 1 amide bonds. The highest BCUT2D eigenvalue weighted by molar-refractivity contribution is 6.01. The predicted octanol–water partition coefficient (Wildman–Crippen LogP) is 3.00. The van der Waals surface area contributed by atoms with Crippen molar-refractivity contribution in [1.82, 2.24) is 14.7 Å². The minimum atomic E-state index is -0.581. The number of carbonyl (C=O) groups is 1. The number of hydrogen-bond donors (Lipinski definition) is 1. The molecule has 3 aromatic rings. The highest BCUT2D eigenvalue weighted by Crippen LogP contribution is 2.26. The van der Waals surface area contributed by atoms with Gasteiger partial charge in [0.25, 0.3) is 11.5 Å². The van der Waals surface area contributed by atoms with Crippen molar-refractivity contribution in [2.75, 3.05) is 13.2 Å². The van der Waals surface area contributed by atoms with Gasteiger partial charge in [0.2, 0.25) is 5.88 Å². The number of rotatable bonds is 6. The molecule has 8 nitrogen and oxygen atoms in total. The Labute approximate surface area is 184 Å². The summed E-state index contributed by atoms with van der Waals surface area (Å²) in [5.41, 5.74) is 0.596. The average molecular weight is 430 g/mol. The van der Waals surface area contributed by atoms with E-state index >= 15 is 0 Å². The number of fused-ring (bicyclic) bond motifs is 1. The number of amides is 1. The van der Waals surface area contributed by atoms with Gasteiger partial charge >= 0.3 is 0 Å². The summed E-state index contributed by atoms with van der Waals surface area (Å²) in [6.07, 6.45) is 4.54. The van der Waals surface area contributed by atoms with Crippen LogP contribution >= 0.6 is 0 Å². The second-order valence-electron chi connectivity index (χ2n) is 7.45. The Bertz CT molecular complexity index is 1280. The summed E-state index contributed by atoms with van der Waals surface area (Å²) in [5.74, 6) is -0.0340. The number of nitrogens with zero attached hydrogens (tertiary/aromatic N) is 3. The summed E-state index contributed by atoms with van der Waals surface area (Å²) in [4.78, 5) is 30.3. The van der Waals surface area contributed by atoms with Crippen LogP contribution in [0.5, 0.6) is 11.6 Å². The van der Waals surface area contributed by atoms with E-state index < -0.39 is 11.5 Å². The molecule has 0 bridgehead atoms. The molecule has 1 aliphatic rings. The van der Waals surface area contributed by atoms with Crippen LogP contribution in [0.2, 0.25) is 0 Å². The lowest BCUT2D eigenvalue weighted by molar-refractivity contribution is -0.117. The van der Waals surface area contributed by atoms with E-state index in [2.05, 4.69) is 10.3 Å². The summed E-state index contributed by atoms with van der Waals surface area (Å²) < 4.78 is 12.8. The van der Waals surface area contributed by atoms with E-state index in [9.17, 15) is 14.9 Å². The summed E-state index contributed by atoms with van der Waals surface area (Å²) in [6, 6.07) is 14.3. The third-order valence-corrected chi connectivity index (χ3v) is 5.20. The fourth-order valence-corrected chi connectivity index (χ4v) is 3.46. The summed E-state index contributed by atoms with van der Waals surface area (Å²) in [5, 5.41) is 12.3. The first kappa shape index (κ1) is 21.3. The lowest BCUT2D eigenvalue weighted by Gasteiger charge is -2.12. The molecule has 1 aromatic carbocycles. The first-order chi connectivity index (χ1) is 15.6. The number of nitrogens with one attached hydrogen (secondary N) is 1. The number of aryl methyl sites for hydroxylation is 1. The van der Waals surface area contributed by atoms with Gasteiger partial charge in [0.1, 0.15) is 28.6 Å². The minimum Gasteiger partial charge on any atom is -0.438 e. The van der Waals surface area contributed by atoms with E-state index in [0.717, 1.165) is 18.4 Å². The Kier molecular flexibility index (Phi) is 6.29. The third kappa shape index (κ3) is 4.53. The van der Waals surface area contributed by atoms with Crippen LogP contribution in [0.25, 0.3) is 11.7 Å². The Morgan fingerprint density at radius 2 is 2.16 bits per heavy atom. The van der Waals surface area contributed by atoms with Gasteiger partial charge in [-0.2, -0.15) is 10.2 Å². The van der Waals surface area contributed by atoms with Gasteiger partial charge in [-0.15, -0.1) is 0 Å². The third-order valence-electron chi connectivity index (χ3n) is 5.20. The predicted molar refractivity (Wildman–Crippen MR) is 118 cm³/mol. The summed E-state index contributed by atoms with van der Waals surface area (Å²) in [7, 11) is 0. The lowest BCUT2D eigenvalue weighted by Crippen LogP contribution is -2.32. The van der Waals surface area contributed by atoms with Crippen molar-refractivity contribution in [1.29, 1.82) is 5.26 Å². The van der Waals surface area contributed by atoms with E-state index in [1.165, 1.54) is 10.5 Å². The van der Waals surface area contributed by atoms with Crippen molar-refractivity contribution in [3.63, 3.8) is 0 Å². The molecular weight excluding hydrogens is 408 g/mol. The number of para-hydroxylation sites is 1. The topological polar surface area (TPSA) is 106 Å². The van der Waals surface area contributed by atoms with Crippen molar-refractivity contribution in [3.05, 3.63) is 75.7 Å². The molecule has 4 rings (SSSR count). The normalized spacial score (nSPS) is 16.0. The van der Waals surface area contributed by atoms with Gasteiger partial charge in [-0.3, -0.25) is 14.0 Å². The number of pyridine rings is 1. The number of aromatic nitrogens is 2. The van der Waals surface area contributed by atoms with Crippen LogP contribution in [-0.4, -0.2) is 34.5 Å². The molecule has 162 valence electrons. The molecule has 1 fully saturated rings. The fraction of sp³-hybridized carbons (Fsp3) is 0.250. The quantitative estimate of drug-likeness (QED) is 0.476. The zero-order valence-corrected chi connectivity index (χ0v) is 17.6. The van der Waals surface area contributed by atoms with Crippen molar-refractivity contribution in [3.8, 4) is 17.7 Å². The average Bonchev–Trinajstić information content (AvgIpc) is 3.33. The van der Waals surface area contributed by atoms with Crippen molar-refractivity contribution in [2.45, 2.75) is 25.9 Å². The van der Waals surface area contributed by atoms with Gasteiger partial charge in [-0.25, -0.2) is 0 Å². The van der Waals surface area contributed by atoms with Gasteiger partial charge in [-0.05, 0) is 49.6 Å². The second kappa shape index (κ2) is 9.45. The lowest BCUT2D eigenvalue weighted by atomic mass is 10.1. The van der Waals surface area contributed by atoms with E-state index in [0.29, 0.717) is 24.5 Å². The Hall–Kier alpha value is -3.96. The van der Waals surface area contributed by atoms with Crippen LogP contribution in [0.3, 0.4) is 0 Å². The summed E-state index contributed by atoms with van der Waals surface area (Å²) >= 11 is 0. The van der Waals surface area contributed by atoms with Gasteiger partial charge in [-0.1, -0.05) is 24.3 Å². The minimum absolute atomic E-state index is 0.0146. The first-order valence-corrected chi connectivity index (χ1v) is 10.3. The van der Waals surface area contributed by atoms with E-state index in [-0.39, 0.29) is 23.1 Å². The first-order valence-electron chi connectivity index (χ1n) is 10.3. The Balaban J connectivity index is 1.74. The van der Waals surface area contributed by atoms with Gasteiger partial charge in [0.15, 0.2) is 0 Å². The zero-order valence-electron chi connectivity index (χ0n) is 17.6. The van der Waals surface area contributed by atoms with Crippen LogP contribution < -0.4 is 15.6 Å². The molecule has 0 spiro atoms. The molecule has 1 saturated heterocycles. The maximum absolute atomic E-state index is 13.2. The summed E-state index contributed by atoms with van der Waals surface area (Å²) in [6.45, 7) is 2.85. The fourth-order valence-electron chi connectivity index (χ4n) is 3.46. The Morgan fingerprint density at radius 3 is 2.91 bits per heavy atom. The number of hydrogen-bond acceptors (Lipinski definition) is 6. The van der Waals surface area contributed by atoms with Gasteiger partial charge in [0, 0.05) is 19.3 Å². The monoisotopic (exact) mass is 430 g/mol. The molecule has 1 atom stereocenters. The molecule has 0 unspecified atom stereocenters. The molecular formula is C24H22N4O4. The standard InChI is InChI=1S/C24H22N4O4/c1-16-7-2-3-9-20(16)32-23-19(24(30)28-11-5-4-10-21(28)27-23)13-17(14-25)22(29)26-15-18-8-6-12-31-18/h2-5,7,9-11,13,18H,6,8,12,15H2,1H3,(H,26,29)/b17-13+/t18-/m1/s1. The largest absolute Gasteiger partial charge is 0.438 e. The van der Waals surface area contributed by atoms with Crippen LogP contribution in [0.1, 0.15) is 24.0 Å². The van der Waals surface area contributed by atoms with Crippen LogP contribution in [-0.2, 0) is 9.53 Å².